The number of nitrogens with zero attached hydrogens (tertiary/aromatic N) is 2. The van der Waals surface area contributed by atoms with Crippen LogP contribution in [0.15, 0.2) is 59.7 Å². The smallest absolute Gasteiger partial charge is 0.407 e. The molecule has 1 aliphatic rings. The van der Waals surface area contributed by atoms with E-state index in [1.807, 2.05) is 49.2 Å². The van der Waals surface area contributed by atoms with Crippen molar-refractivity contribution in [3.8, 4) is 0 Å². The molecule has 0 fully saturated rings. The highest BCUT2D eigenvalue weighted by atomic mass is 19.1. The molecule has 0 spiro atoms. The molecular weight excluding hydrogens is 421 g/mol. The van der Waals surface area contributed by atoms with Gasteiger partial charge in [-0.25, -0.2) is 9.18 Å². The zero-order chi connectivity index (χ0) is 23.8. The Morgan fingerprint density at radius 3 is 2.52 bits per heavy atom. The molecule has 2 aromatic rings. The third-order valence-corrected chi connectivity index (χ3v) is 5.86. The van der Waals surface area contributed by atoms with Crippen molar-refractivity contribution >= 4 is 17.5 Å². The lowest BCUT2D eigenvalue weighted by Crippen LogP contribution is -2.43. The van der Waals surface area contributed by atoms with Crippen LogP contribution in [0.5, 0.6) is 0 Å². The zero-order valence-corrected chi connectivity index (χ0v) is 19.6. The summed E-state index contributed by atoms with van der Waals surface area (Å²) in [5.41, 5.74) is 2.06. The third kappa shape index (κ3) is 6.54. The molecule has 0 aromatic heterocycles. The number of hydrogen-bond donors (Lipinski definition) is 2. The lowest BCUT2D eigenvalue weighted by Gasteiger charge is -2.27. The highest BCUT2D eigenvalue weighted by molar-refractivity contribution is 6.07. The van der Waals surface area contributed by atoms with Gasteiger partial charge >= 0.3 is 6.09 Å². The molecule has 178 valence electrons. The second kappa shape index (κ2) is 11.3. The maximum absolute atomic E-state index is 13.5. The maximum atomic E-state index is 13.5. The fraction of sp³-hybridized carbons (Fsp3) is 0.462. The first-order valence-corrected chi connectivity index (χ1v) is 11.6. The first kappa shape index (κ1) is 24.7. The van der Waals surface area contributed by atoms with Gasteiger partial charge in [0.15, 0.2) is 6.10 Å². The Morgan fingerprint density at radius 2 is 1.88 bits per heavy atom. The van der Waals surface area contributed by atoms with Crippen LogP contribution in [0.3, 0.4) is 0 Å². The summed E-state index contributed by atoms with van der Waals surface area (Å²) in [6.07, 6.45) is 2.08. The number of aliphatic hydroxyl groups excluding tert-OH is 1. The van der Waals surface area contributed by atoms with Crippen LogP contribution in [0.2, 0.25) is 0 Å². The summed E-state index contributed by atoms with van der Waals surface area (Å²) >= 11 is 0. The third-order valence-electron chi connectivity index (χ3n) is 5.86. The number of nitrogens with one attached hydrogen (secondary N) is 1. The zero-order valence-electron chi connectivity index (χ0n) is 19.6. The van der Waals surface area contributed by atoms with Crippen molar-refractivity contribution in [3.63, 3.8) is 0 Å². The lowest BCUT2D eigenvalue weighted by atomic mass is 9.89. The molecule has 3 rings (SSSR count). The van der Waals surface area contributed by atoms with E-state index in [-0.39, 0.29) is 23.9 Å². The molecule has 0 saturated heterocycles. The molecule has 0 saturated carbocycles. The molecule has 1 heterocycles. The van der Waals surface area contributed by atoms with E-state index in [0.717, 1.165) is 36.9 Å². The number of halogens is 1. The Kier molecular flexibility index (Phi) is 8.44. The van der Waals surface area contributed by atoms with Gasteiger partial charge in [0.25, 0.3) is 0 Å². The number of anilines is 1. The van der Waals surface area contributed by atoms with E-state index < -0.39 is 12.2 Å². The quantitative estimate of drug-likeness (QED) is 0.488. The van der Waals surface area contributed by atoms with Crippen molar-refractivity contribution in [1.29, 1.82) is 0 Å². The standard InChI is InChI=1S/C26H34FN3O3/c1-4-9-22-24(33-25(32)28-17-8-16-26(2,3)18-31)23(19-12-14-20(27)15-13-19)29-30(22)21-10-6-5-7-11-21/h5-7,10-15,22,24,31H,4,8-9,16-18H2,1-3H3,(H,28,32). The van der Waals surface area contributed by atoms with Gasteiger partial charge in [-0.1, -0.05) is 57.5 Å². The Morgan fingerprint density at radius 1 is 1.18 bits per heavy atom. The summed E-state index contributed by atoms with van der Waals surface area (Å²) < 4.78 is 19.5. The average molecular weight is 456 g/mol. The lowest BCUT2D eigenvalue weighted by molar-refractivity contribution is 0.115. The van der Waals surface area contributed by atoms with Crippen LogP contribution < -0.4 is 10.3 Å². The molecule has 1 amide bonds. The first-order valence-electron chi connectivity index (χ1n) is 11.6. The van der Waals surface area contributed by atoms with E-state index in [2.05, 4.69) is 12.2 Å². The van der Waals surface area contributed by atoms with Crippen LogP contribution in [0.1, 0.15) is 52.0 Å². The minimum atomic E-state index is -0.593. The number of aliphatic hydroxyl groups is 1. The average Bonchev–Trinajstić information content (AvgIpc) is 3.16. The SMILES string of the molecule is CCCC1C(OC(=O)NCCCC(C)(C)CO)C(c2ccc(F)cc2)=NN1c1ccccc1. The molecule has 2 N–H and O–H groups in total. The molecular formula is C26H34FN3O3. The van der Waals surface area contributed by atoms with Gasteiger partial charge in [-0.05, 0) is 48.9 Å². The molecule has 2 aromatic carbocycles. The van der Waals surface area contributed by atoms with Crippen molar-refractivity contribution in [2.24, 2.45) is 10.5 Å². The number of hydrazone groups is 1. The van der Waals surface area contributed by atoms with Gasteiger partial charge in [-0.2, -0.15) is 5.10 Å². The number of rotatable bonds is 10. The maximum Gasteiger partial charge on any atom is 0.407 e. The van der Waals surface area contributed by atoms with Crippen LogP contribution in [0, 0.1) is 11.2 Å². The van der Waals surface area contributed by atoms with Crippen molar-refractivity contribution in [2.45, 2.75) is 58.6 Å². The van der Waals surface area contributed by atoms with Crippen molar-refractivity contribution in [2.75, 3.05) is 18.2 Å². The fourth-order valence-corrected chi connectivity index (χ4v) is 3.93. The van der Waals surface area contributed by atoms with Gasteiger partial charge < -0.3 is 15.2 Å². The Hall–Kier alpha value is -2.93. The Labute approximate surface area is 195 Å². The van der Waals surface area contributed by atoms with Gasteiger partial charge in [0, 0.05) is 18.7 Å². The second-order valence-corrected chi connectivity index (χ2v) is 9.21. The monoisotopic (exact) mass is 455 g/mol. The Balaban J connectivity index is 1.79. The molecule has 0 radical (unpaired) electrons. The van der Waals surface area contributed by atoms with Crippen LogP contribution >= 0.6 is 0 Å². The van der Waals surface area contributed by atoms with Gasteiger partial charge in [0.1, 0.15) is 11.5 Å². The van der Waals surface area contributed by atoms with Crippen molar-refractivity contribution < 1.29 is 19.0 Å². The summed E-state index contributed by atoms with van der Waals surface area (Å²) in [5.74, 6) is -0.330. The number of alkyl carbamates (subject to hydrolysis) is 1. The van der Waals surface area contributed by atoms with E-state index in [4.69, 9.17) is 9.84 Å². The number of carbonyl (C=O) groups is 1. The molecule has 0 aliphatic carbocycles. The van der Waals surface area contributed by atoms with Crippen LogP contribution in [-0.2, 0) is 4.74 Å². The molecule has 0 bridgehead atoms. The van der Waals surface area contributed by atoms with E-state index in [1.54, 1.807) is 12.1 Å². The minimum absolute atomic E-state index is 0.102. The number of para-hydroxylation sites is 1. The summed E-state index contributed by atoms with van der Waals surface area (Å²) in [4.78, 5) is 12.7. The summed E-state index contributed by atoms with van der Waals surface area (Å²) in [7, 11) is 0. The van der Waals surface area contributed by atoms with Gasteiger partial charge in [-0.3, -0.25) is 5.01 Å². The van der Waals surface area contributed by atoms with E-state index >= 15 is 0 Å². The number of amides is 1. The molecule has 1 aliphatic heterocycles. The van der Waals surface area contributed by atoms with Crippen LogP contribution in [0.4, 0.5) is 14.9 Å². The van der Waals surface area contributed by atoms with E-state index in [0.29, 0.717) is 12.3 Å². The molecule has 6 nitrogen and oxygen atoms in total. The number of hydrogen-bond acceptors (Lipinski definition) is 5. The number of carbonyl (C=O) groups excluding carboxylic acids is 1. The second-order valence-electron chi connectivity index (χ2n) is 9.21. The minimum Gasteiger partial charge on any atom is -0.437 e. The molecule has 2 unspecified atom stereocenters. The number of ether oxygens (including phenoxy) is 1. The topological polar surface area (TPSA) is 74.2 Å². The highest BCUT2D eigenvalue weighted by Gasteiger charge is 2.41. The van der Waals surface area contributed by atoms with Gasteiger partial charge in [0.05, 0.1) is 11.7 Å². The molecule has 2 atom stereocenters. The highest BCUT2D eigenvalue weighted by Crippen LogP contribution is 2.31. The van der Waals surface area contributed by atoms with Crippen LogP contribution in [-0.4, -0.2) is 42.2 Å². The normalized spacial score (nSPS) is 18.2. The van der Waals surface area contributed by atoms with Gasteiger partial charge in [0.2, 0.25) is 0 Å². The van der Waals surface area contributed by atoms with E-state index in [9.17, 15) is 14.3 Å². The van der Waals surface area contributed by atoms with Gasteiger partial charge in [-0.15, -0.1) is 0 Å². The number of benzene rings is 2. The van der Waals surface area contributed by atoms with Crippen LogP contribution in [0.25, 0.3) is 0 Å². The summed E-state index contributed by atoms with van der Waals surface area (Å²) in [5, 5.41) is 19.0. The fourth-order valence-electron chi connectivity index (χ4n) is 3.93. The van der Waals surface area contributed by atoms with Crippen molar-refractivity contribution in [3.05, 3.63) is 66.0 Å². The predicted octanol–water partition coefficient (Wildman–Crippen LogP) is 5.11. The van der Waals surface area contributed by atoms with Crippen molar-refractivity contribution in [1.82, 2.24) is 5.32 Å². The molecule has 7 heteroatoms. The first-order chi connectivity index (χ1) is 15.8. The molecule has 33 heavy (non-hydrogen) atoms. The summed E-state index contributed by atoms with van der Waals surface area (Å²) in [6, 6.07) is 15.7. The summed E-state index contributed by atoms with van der Waals surface area (Å²) in [6.45, 7) is 6.62. The predicted molar refractivity (Wildman–Crippen MR) is 129 cm³/mol. The largest absolute Gasteiger partial charge is 0.437 e. The Bertz CT molecular complexity index is 932. The van der Waals surface area contributed by atoms with E-state index in [1.165, 1.54) is 12.1 Å².